The first-order chi connectivity index (χ1) is 5.31. The zero-order valence-corrected chi connectivity index (χ0v) is 6.80. The third-order valence-electron chi connectivity index (χ3n) is 0.990. The van der Waals surface area contributed by atoms with Crippen LogP contribution < -0.4 is 0 Å². The molecule has 0 aliphatic rings. The molecule has 0 N–H and O–H groups in total. The van der Waals surface area contributed by atoms with E-state index in [2.05, 4.69) is 24.6 Å². The molecular weight excluding hydrogens is 132 g/mol. The van der Waals surface area contributed by atoms with Crippen molar-refractivity contribution in [2.75, 3.05) is 0 Å². The molecule has 0 nitrogen and oxygen atoms in total. The summed E-state index contributed by atoms with van der Waals surface area (Å²) in [6.45, 7) is 8.91. The summed E-state index contributed by atoms with van der Waals surface area (Å²) in [5.41, 5.74) is 6.42. The Morgan fingerprint density at radius 2 is 2.00 bits per heavy atom. The van der Waals surface area contributed by atoms with Crippen LogP contribution in [0.4, 0.5) is 0 Å². The molecule has 0 heterocycles. The van der Waals surface area contributed by atoms with E-state index in [1.165, 1.54) is 0 Å². The molecule has 0 saturated heterocycles. The summed E-state index contributed by atoms with van der Waals surface area (Å²) in [4.78, 5) is 0. The Hall–Kier alpha value is -1.48. The topological polar surface area (TPSA) is 0 Å². The van der Waals surface area contributed by atoms with Gasteiger partial charge in [-0.05, 0) is 19.1 Å². The van der Waals surface area contributed by atoms with Gasteiger partial charge < -0.3 is 0 Å². The summed E-state index contributed by atoms with van der Waals surface area (Å²) in [5.74, 6) is 0. The summed E-state index contributed by atoms with van der Waals surface area (Å²) in [5, 5.41) is 0. The van der Waals surface area contributed by atoms with Crippen molar-refractivity contribution >= 4 is 0 Å². The van der Waals surface area contributed by atoms with E-state index >= 15 is 0 Å². The van der Waals surface area contributed by atoms with Gasteiger partial charge in [0.15, 0.2) is 0 Å². The maximum atomic E-state index is 3.55. The summed E-state index contributed by atoms with van der Waals surface area (Å²) in [7, 11) is 0. The van der Waals surface area contributed by atoms with E-state index in [-0.39, 0.29) is 0 Å². The molecule has 0 bridgehead atoms. The van der Waals surface area contributed by atoms with Crippen LogP contribution in [-0.4, -0.2) is 0 Å². The monoisotopic (exact) mass is 144 g/mol. The van der Waals surface area contributed by atoms with Crippen LogP contribution in [0.3, 0.4) is 0 Å². The molecule has 0 aliphatic carbocycles. The Kier molecular flexibility index (Phi) is 5.74. The Morgan fingerprint density at radius 3 is 2.55 bits per heavy atom. The zero-order valence-electron chi connectivity index (χ0n) is 6.80. The van der Waals surface area contributed by atoms with E-state index in [9.17, 15) is 0 Å². The third-order valence-corrected chi connectivity index (χ3v) is 0.990. The molecular formula is C11H12. The number of rotatable bonds is 3. The Bertz CT molecular complexity index is 252. The van der Waals surface area contributed by atoms with Crippen molar-refractivity contribution in [2.24, 2.45) is 0 Å². The lowest BCUT2D eigenvalue weighted by Crippen LogP contribution is -1.59. The lowest BCUT2D eigenvalue weighted by Gasteiger charge is -1.78. The standard InChI is InChI=1S/C11H12/c1-4-6-7-8-10-11(3)9-5-2/h4,6-8,10H,1-2H2,3H3/b7-6-,10-8-. The van der Waals surface area contributed by atoms with Crippen LogP contribution in [0.2, 0.25) is 0 Å². The second-order valence-corrected chi connectivity index (χ2v) is 1.96. The quantitative estimate of drug-likeness (QED) is 0.421. The maximum absolute atomic E-state index is 3.55. The second kappa shape index (κ2) is 6.64. The maximum Gasteiger partial charge on any atom is -0.000746 e. The molecule has 0 radical (unpaired) electrons. The highest BCUT2D eigenvalue weighted by Crippen LogP contribution is 1.90. The Morgan fingerprint density at radius 1 is 1.27 bits per heavy atom. The molecule has 0 atom stereocenters. The Balaban J connectivity index is 4.14. The minimum absolute atomic E-state index is 1.01. The van der Waals surface area contributed by atoms with Crippen molar-refractivity contribution in [2.45, 2.75) is 6.92 Å². The van der Waals surface area contributed by atoms with Crippen molar-refractivity contribution in [3.8, 4) is 0 Å². The molecule has 0 spiro atoms. The fraction of sp³-hybridized carbons (Fsp3) is 0.0909. The predicted octanol–water partition coefficient (Wildman–Crippen LogP) is 3.17. The van der Waals surface area contributed by atoms with Crippen LogP contribution in [0.1, 0.15) is 6.92 Å². The minimum Gasteiger partial charge on any atom is -0.0991 e. The SMILES string of the molecule is C=C=C=C(C)/C=C\C=C/C=C. The first kappa shape index (κ1) is 9.52. The second-order valence-electron chi connectivity index (χ2n) is 1.96. The predicted molar refractivity (Wildman–Crippen MR) is 50.3 cm³/mol. The van der Waals surface area contributed by atoms with Gasteiger partial charge >= 0.3 is 0 Å². The van der Waals surface area contributed by atoms with Crippen molar-refractivity contribution in [1.82, 2.24) is 0 Å². The van der Waals surface area contributed by atoms with Gasteiger partial charge in [-0.1, -0.05) is 48.4 Å². The van der Waals surface area contributed by atoms with E-state index in [0.717, 1.165) is 5.57 Å². The third kappa shape index (κ3) is 6.40. The molecule has 0 amide bonds. The first-order valence-electron chi connectivity index (χ1n) is 3.38. The highest BCUT2D eigenvalue weighted by Gasteiger charge is 1.71. The molecule has 0 aromatic carbocycles. The van der Waals surface area contributed by atoms with Crippen molar-refractivity contribution in [3.05, 3.63) is 60.6 Å². The van der Waals surface area contributed by atoms with Gasteiger partial charge in [0.25, 0.3) is 0 Å². The number of allylic oxidation sites excluding steroid dienone is 6. The van der Waals surface area contributed by atoms with Gasteiger partial charge in [0.05, 0.1) is 0 Å². The molecule has 0 saturated carbocycles. The van der Waals surface area contributed by atoms with E-state index in [1.54, 1.807) is 6.08 Å². The summed E-state index contributed by atoms with van der Waals surface area (Å²) >= 11 is 0. The van der Waals surface area contributed by atoms with Crippen LogP contribution in [0, 0.1) is 0 Å². The molecule has 0 rings (SSSR count). The molecule has 0 aromatic rings. The van der Waals surface area contributed by atoms with Gasteiger partial charge in [-0.25, -0.2) is 0 Å². The van der Waals surface area contributed by atoms with Crippen LogP contribution in [0.15, 0.2) is 60.6 Å². The van der Waals surface area contributed by atoms with Crippen LogP contribution >= 0.6 is 0 Å². The normalized spacial score (nSPS) is 9.55. The van der Waals surface area contributed by atoms with Crippen molar-refractivity contribution in [1.29, 1.82) is 0 Å². The number of hydrogen-bond acceptors (Lipinski definition) is 0. The van der Waals surface area contributed by atoms with Gasteiger partial charge in [0.1, 0.15) is 0 Å². The first-order valence-corrected chi connectivity index (χ1v) is 3.38. The minimum atomic E-state index is 1.01. The summed E-state index contributed by atoms with van der Waals surface area (Å²) < 4.78 is 0. The van der Waals surface area contributed by atoms with Gasteiger partial charge in [-0.3, -0.25) is 0 Å². The molecule has 0 heteroatoms. The smallest absolute Gasteiger partial charge is 0.000746 e. The largest absolute Gasteiger partial charge is 0.0991 e. The van der Waals surface area contributed by atoms with E-state index in [1.807, 2.05) is 31.2 Å². The average molecular weight is 144 g/mol. The van der Waals surface area contributed by atoms with E-state index in [4.69, 9.17) is 0 Å². The summed E-state index contributed by atoms with van der Waals surface area (Å²) in [6, 6.07) is 0. The fourth-order valence-electron chi connectivity index (χ4n) is 0.524. The summed E-state index contributed by atoms with van der Waals surface area (Å²) in [6.07, 6.45) is 9.34. The van der Waals surface area contributed by atoms with Gasteiger partial charge in [-0.2, -0.15) is 0 Å². The molecule has 11 heavy (non-hydrogen) atoms. The Labute approximate surface area is 68.3 Å². The van der Waals surface area contributed by atoms with Gasteiger partial charge in [0.2, 0.25) is 0 Å². The molecule has 56 valence electrons. The van der Waals surface area contributed by atoms with E-state index in [0.29, 0.717) is 0 Å². The van der Waals surface area contributed by atoms with Crippen LogP contribution in [-0.2, 0) is 0 Å². The highest BCUT2D eigenvalue weighted by atomic mass is 13.8. The molecule has 0 fully saturated rings. The van der Waals surface area contributed by atoms with Crippen molar-refractivity contribution < 1.29 is 0 Å². The van der Waals surface area contributed by atoms with Gasteiger partial charge in [0, 0.05) is 0 Å². The molecule has 0 aliphatic heterocycles. The lowest BCUT2D eigenvalue weighted by molar-refractivity contribution is 1.55. The highest BCUT2D eigenvalue weighted by molar-refractivity contribution is 5.20. The van der Waals surface area contributed by atoms with E-state index < -0.39 is 0 Å². The average Bonchev–Trinajstić information content (AvgIpc) is 1.99. The fourth-order valence-corrected chi connectivity index (χ4v) is 0.524. The van der Waals surface area contributed by atoms with Crippen molar-refractivity contribution in [3.63, 3.8) is 0 Å². The van der Waals surface area contributed by atoms with Gasteiger partial charge in [-0.15, -0.1) is 0 Å². The molecule has 0 unspecified atom stereocenters. The van der Waals surface area contributed by atoms with Crippen LogP contribution in [0.25, 0.3) is 0 Å². The van der Waals surface area contributed by atoms with Crippen LogP contribution in [0.5, 0.6) is 0 Å². The zero-order chi connectivity index (χ0) is 8.53. The molecule has 0 aromatic heterocycles. The lowest BCUT2D eigenvalue weighted by atomic mass is 10.3. The number of hydrogen-bond donors (Lipinski definition) is 0.